The summed E-state index contributed by atoms with van der Waals surface area (Å²) in [5, 5.41) is 15.6. The first-order valence-corrected chi connectivity index (χ1v) is 9.78. The first-order valence-electron chi connectivity index (χ1n) is 9.78. The van der Waals surface area contributed by atoms with E-state index in [1.165, 1.54) is 42.5 Å². The van der Waals surface area contributed by atoms with Gasteiger partial charge in [0.25, 0.3) is 0 Å². The van der Waals surface area contributed by atoms with Gasteiger partial charge in [0.05, 0.1) is 18.3 Å². The van der Waals surface area contributed by atoms with Gasteiger partial charge in [-0.1, -0.05) is 32.0 Å². The molecule has 1 atom stereocenters. The Bertz CT molecular complexity index is 1060. The van der Waals surface area contributed by atoms with Gasteiger partial charge in [0.1, 0.15) is 17.4 Å². The number of rotatable bonds is 8. The van der Waals surface area contributed by atoms with Gasteiger partial charge < -0.3 is 20.5 Å². The number of aromatic nitrogens is 2. The number of nitrogens with one attached hydrogen (secondary N) is 2. The average molecular weight is 450 g/mol. The van der Waals surface area contributed by atoms with E-state index in [-0.39, 0.29) is 30.3 Å². The lowest BCUT2D eigenvalue weighted by Gasteiger charge is -2.21. The second-order valence-electron chi connectivity index (χ2n) is 7.35. The van der Waals surface area contributed by atoms with E-state index in [9.17, 15) is 22.7 Å². The highest BCUT2D eigenvalue weighted by Gasteiger charge is 2.31. The van der Waals surface area contributed by atoms with Crippen LogP contribution >= 0.6 is 0 Å². The average Bonchev–Trinajstić information content (AvgIpc) is 2.70. The Morgan fingerprint density at radius 1 is 1.03 bits per heavy atom. The van der Waals surface area contributed by atoms with Crippen LogP contribution in [0.5, 0.6) is 5.75 Å². The van der Waals surface area contributed by atoms with Crippen LogP contribution in [0.15, 0.2) is 54.6 Å². The van der Waals surface area contributed by atoms with Crippen LogP contribution in [0.4, 0.5) is 35.0 Å². The van der Waals surface area contributed by atoms with Crippen molar-refractivity contribution in [2.24, 2.45) is 5.92 Å². The maximum absolute atomic E-state index is 13.6. The summed E-state index contributed by atoms with van der Waals surface area (Å²) in [6.45, 7) is 3.63. The minimum atomic E-state index is -4.83. The lowest BCUT2D eigenvalue weighted by molar-refractivity contribution is -0.274. The van der Waals surface area contributed by atoms with Crippen molar-refractivity contribution in [3.63, 3.8) is 0 Å². The second kappa shape index (κ2) is 9.82. The Morgan fingerprint density at radius 2 is 1.78 bits per heavy atom. The number of ether oxygens (including phenoxy) is 1. The molecule has 0 saturated carbocycles. The van der Waals surface area contributed by atoms with Crippen molar-refractivity contribution in [2.45, 2.75) is 26.3 Å². The number of aliphatic hydroxyl groups excluding tert-OH is 1. The molecule has 170 valence electrons. The third-order valence-corrected chi connectivity index (χ3v) is 4.50. The van der Waals surface area contributed by atoms with Gasteiger partial charge in [-0.3, -0.25) is 0 Å². The molecule has 0 aliphatic rings. The molecule has 0 aliphatic heterocycles. The quantitative estimate of drug-likeness (QED) is 0.402. The van der Waals surface area contributed by atoms with Crippen molar-refractivity contribution >= 4 is 17.5 Å². The number of halogens is 4. The standard InChI is InChI=1S/C22H22F4N4O2/c1-13(2)19(12-31)29-21-28-18(14-5-3-8-17(9-14)32-22(24,25)26)11-20(30-21)27-16-7-4-6-15(23)10-16/h3-11,13,19,31H,12H2,1-2H3,(H2,27,28,29,30)/t19-/m1/s1. The van der Waals surface area contributed by atoms with Crippen molar-refractivity contribution in [2.75, 3.05) is 17.2 Å². The molecule has 0 fully saturated rings. The van der Waals surface area contributed by atoms with Crippen molar-refractivity contribution < 1.29 is 27.4 Å². The van der Waals surface area contributed by atoms with Gasteiger partial charge in [0.15, 0.2) is 0 Å². The van der Waals surface area contributed by atoms with Crippen LogP contribution in [0.3, 0.4) is 0 Å². The minimum absolute atomic E-state index is 0.0513. The molecule has 0 amide bonds. The highest BCUT2D eigenvalue weighted by molar-refractivity contribution is 5.68. The summed E-state index contributed by atoms with van der Waals surface area (Å²) in [5.74, 6) is -0.352. The molecule has 10 heteroatoms. The van der Waals surface area contributed by atoms with E-state index in [0.29, 0.717) is 16.9 Å². The molecular weight excluding hydrogens is 428 g/mol. The lowest BCUT2D eigenvalue weighted by atomic mass is 10.1. The molecule has 0 saturated heterocycles. The van der Waals surface area contributed by atoms with Crippen LogP contribution in [-0.2, 0) is 0 Å². The molecule has 0 spiro atoms. The van der Waals surface area contributed by atoms with Crippen LogP contribution < -0.4 is 15.4 Å². The van der Waals surface area contributed by atoms with Crippen molar-refractivity contribution in [1.82, 2.24) is 9.97 Å². The summed E-state index contributed by atoms with van der Waals surface area (Å²) in [5.41, 5.74) is 1.08. The van der Waals surface area contributed by atoms with E-state index >= 15 is 0 Å². The summed E-state index contributed by atoms with van der Waals surface area (Å²) in [6.07, 6.45) is -4.83. The molecule has 0 aliphatic carbocycles. The minimum Gasteiger partial charge on any atom is -0.406 e. The predicted molar refractivity (Wildman–Crippen MR) is 113 cm³/mol. The molecule has 0 unspecified atom stereocenters. The van der Waals surface area contributed by atoms with E-state index in [1.54, 1.807) is 12.1 Å². The van der Waals surface area contributed by atoms with Crippen molar-refractivity contribution in [1.29, 1.82) is 0 Å². The molecule has 1 heterocycles. The van der Waals surface area contributed by atoms with Crippen LogP contribution in [0.1, 0.15) is 13.8 Å². The zero-order valence-electron chi connectivity index (χ0n) is 17.3. The largest absolute Gasteiger partial charge is 0.573 e. The van der Waals surface area contributed by atoms with Gasteiger partial charge in [-0.15, -0.1) is 13.2 Å². The van der Waals surface area contributed by atoms with E-state index < -0.39 is 17.9 Å². The molecule has 3 aromatic rings. The zero-order chi connectivity index (χ0) is 23.3. The van der Waals surface area contributed by atoms with E-state index in [1.807, 2.05) is 13.8 Å². The van der Waals surface area contributed by atoms with Gasteiger partial charge in [-0.25, -0.2) is 9.37 Å². The monoisotopic (exact) mass is 450 g/mol. The first-order chi connectivity index (χ1) is 15.1. The van der Waals surface area contributed by atoms with Crippen molar-refractivity contribution in [3.05, 3.63) is 60.4 Å². The number of benzene rings is 2. The fourth-order valence-corrected chi connectivity index (χ4v) is 2.88. The normalized spacial score (nSPS) is 12.5. The molecule has 2 aromatic carbocycles. The molecule has 0 bridgehead atoms. The number of alkyl halides is 3. The molecule has 32 heavy (non-hydrogen) atoms. The van der Waals surface area contributed by atoms with E-state index in [2.05, 4.69) is 25.3 Å². The Hall–Kier alpha value is -3.40. The van der Waals surface area contributed by atoms with Crippen LogP contribution in [0.2, 0.25) is 0 Å². The maximum Gasteiger partial charge on any atom is 0.573 e. The fourth-order valence-electron chi connectivity index (χ4n) is 2.88. The molecule has 6 nitrogen and oxygen atoms in total. The van der Waals surface area contributed by atoms with Crippen LogP contribution in [0.25, 0.3) is 11.3 Å². The number of anilines is 3. The van der Waals surface area contributed by atoms with Crippen LogP contribution in [-0.4, -0.2) is 34.1 Å². The summed E-state index contributed by atoms with van der Waals surface area (Å²) in [4.78, 5) is 8.74. The number of hydrogen-bond donors (Lipinski definition) is 3. The van der Waals surface area contributed by atoms with Gasteiger partial charge in [-0.05, 0) is 36.2 Å². The molecular formula is C22H22F4N4O2. The lowest BCUT2D eigenvalue weighted by Crippen LogP contribution is -2.30. The predicted octanol–water partition coefficient (Wildman–Crippen LogP) is 5.35. The van der Waals surface area contributed by atoms with Crippen molar-refractivity contribution in [3.8, 4) is 17.0 Å². The summed E-state index contributed by atoms with van der Waals surface area (Å²) < 4.78 is 55.4. The van der Waals surface area contributed by atoms with Gasteiger partial charge in [0.2, 0.25) is 5.95 Å². The maximum atomic E-state index is 13.6. The van der Waals surface area contributed by atoms with Crippen LogP contribution in [0, 0.1) is 11.7 Å². The smallest absolute Gasteiger partial charge is 0.406 e. The third kappa shape index (κ3) is 6.55. The molecule has 1 aromatic heterocycles. The van der Waals surface area contributed by atoms with Gasteiger partial charge >= 0.3 is 6.36 Å². The summed E-state index contributed by atoms with van der Waals surface area (Å²) in [6, 6.07) is 12.3. The van der Waals surface area contributed by atoms with Gasteiger partial charge in [-0.2, -0.15) is 4.98 Å². The highest BCUT2D eigenvalue weighted by atomic mass is 19.4. The molecule has 0 radical (unpaired) electrons. The summed E-state index contributed by atoms with van der Waals surface area (Å²) >= 11 is 0. The number of nitrogens with zero attached hydrogens (tertiary/aromatic N) is 2. The van der Waals surface area contributed by atoms with E-state index in [4.69, 9.17) is 0 Å². The second-order valence-corrected chi connectivity index (χ2v) is 7.35. The molecule has 3 rings (SSSR count). The Balaban J connectivity index is 2.00. The molecule has 3 N–H and O–H groups in total. The zero-order valence-corrected chi connectivity index (χ0v) is 17.3. The Morgan fingerprint density at radius 3 is 2.44 bits per heavy atom. The first kappa shape index (κ1) is 23.3. The number of hydrogen-bond acceptors (Lipinski definition) is 6. The Kier molecular flexibility index (Phi) is 7.14. The van der Waals surface area contributed by atoms with Gasteiger partial charge in [0, 0.05) is 17.3 Å². The topological polar surface area (TPSA) is 79.3 Å². The Labute approximate surface area is 182 Å². The highest BCUT2D eigenvalue weighted by Crippen LogP contribution is 2.29. The van der Waals surface area contributed by atoms with E-state index in [0.717, 1.165) is 0 Å². The fraction of sp³-hybridized carbons (Fsp3) is 0.273. The number of aliphatic hydroxyl groups is 1. The summed E-state index contributed by atoms with van der Waals surface area (Å²) in [7, 11) is 0. The third-order valence-electron chi connectivity index (χ3n) is 4.50. The SMILES string of the molecule is CC(C)[C@@H](CO)Nc1nc(Nc2cccc(F)c2)cc(-c2cccc(OC(F)(F)F)c2)n1.